The summed E-state index contributed by atoms with van der Waals surface area (Å²) in [4.78, 5) is 36.9. The molecule has 1 atom stereocenters. The zero-order valence-corrected chi connectivity index (χ0v) is 16.3. The molecule has 6 nitrogen and oxygen atoms in total. The maximum Gasteiger partial charge on any atom is 0.375 e. The lowest BCUT2D eigenvalue weighted by atomic mass is 10.1. The fourth-order valence-corrected chi connectivity index (χ4v) is 2.78. The lowest BCUT2D eigenvalue weighted by Gasteiger charge is -2.15. The van der Waals surface area contributed by atoms with Gasteiger partial charge in [0.1, 0.15) is 5.58 Å². The molecule has 0 aliphatic rings. The van der Waals surface area contributed by atoms with Crippen molar-refractivity contribution in [3.8, 4) is 0 Å². The number of hydrogen-bond donors (Lipinski definition) is 1. The van der Waals surface area contributed by atoms with Crippen LogP contribution >= 0.6 is 11.6 Å². The normalized spacial score (nSPS) is 11.9. The molecule has 3 aromatic rings. The van der Waals surface area contributed by atoms with Gasteiger partial charge in [-0.1, -0.05) is 23.7 Å². The van der Waals surface area contributed by atoms with Crippen molar-refractivity contribution in [1.29, 1.82) is 0 Å². The van der Waals surface area contributed by atoms with Crippen LogP contribution in [0, 0.1) is 13.8 Å². The van der Waals surface area contributed by atoms with Crippen LogP contribution in [-0.2, 0) is 9.53 Å². The Bertz CT molecular complexity index is 1140. The van der Waals surface area contributed by atoms with E-state index in [0.29, 0.717) is 10.7 Å². The second kappa shape index (κ2) is 7.86. The number of carbonyl (C=O) groups is 2. The maximum absolute atomic E-state index is 12.4. The van der Waals surface area contributed by atoms with E-state index in [9.17, 15) is 14.4 Å². The van der Waals surface area contributed by atoms with Crippen LogP contribution in [0.1, 0.15) is 28.6 Å². The summed E-state index contributed by atoms with van der Waals surface area (Å²) in [5.74, 6) is -1.68. The van der Waals surface area contributed by atoms with Crippen LogP contribution in [0.3, 0.4) is 0 Å². The van der Waals surface area contributed by atoms with Crippen molar-refractivity contribution in [2.24, 2.45) is 0 Å². The monoisotopic (exact) mass is 399 g/mol. The number of anilines is 1. The van der Waals surface area contributed by atoms with Crippen molar-refractivity contribution < 1.29 is 18.7 Å². The first kappa shape index (κ1) is 19.6. The summed E-state index contributed by atoms with van der Waals surface area (Å²) in [7, 11) is 0. The number of benzene rings is 2. The number of amides is 1. The molecule has 1 heterocycles. The molecule has 0 radical (unpaired) electrons. The minimum Gasteiger partial charge on any atom is -0.449 e. The predicted octanol–water partition coefficient (Wildman–Crippen LogP) is 4.25. The molecule has 0 aliphatic heterocycles. The highest BCUT2D eigenvalue weighted by Gasteiger charge is 2.22. The molecule has 3 rings (SSSR count). The molecule has 1 aromatic heterocycles. The lowest BCUT2D eigenvalue weighted by Crippen LogP contribution is -2.30. The molecule has 7 heteroatoms. The molecule has 2 aromatic carbocycles. The second-order valence-electron chi connectivity index (χ2n) is 6.47. The number of aryl methyl sites for hydroxylation is 2. The minimum atomic E-state index is -1.08. The largest absolute Gasteiger partial charge is 0.449 e. The van der Waals surface area contributed by atoms with Gasteiger partial charge in [-0.3, -0.25) is 9.59 Å². The fraction of sp³-hybridized carbons (Fsp3) is 0.190. The van der Waals surface area contributed by atoms with Gasteiger partial charge in [-0.2, -0.15) is 0 Å². The Kier molecular flexibility index (Phi) is 5.51. The van der Waals surface area contributed by atoms with E-state index in [1.165, 1.54) is 19.1 Å². The van der Waals surface area contributed by atoms with E-state index >= 15 is 0 Å². The van der Waals surface area contributed by atoms with Crippen LogP contribution in [-0.4, -0.2) is 18.0 Å². The number of nitrogens with one attached hydrogen (secondary N) is 1. The summed E-state index contributed by atoms with van der Waals surface area (Å²) < 4.78 is 10.6. The number of carbonyl (C=O) groups excluding carboxylic acids is 2. The van der Waals surface area contributed by atoms with Crippen molar-refractivity contribution in [3.05, 3.63) is 74.6 Å². The first-order valence-electron chi connectivity index (χ1n) is 8.57. The van der Waals surface area contributed by atoms with Crippen LogP contribution in [0.25, 0.3) is 11.0 Å². The summed E-state index contributed by atoms with van der Waals surface area (Å²) in [5.41, 5.74) is 2.29. The maximum atomic E-state index is 12.4. The Hall–Kier alpha value is -3.12. The average Bonchev–Trinajstić information content (AvgIpc) is 2.65. The van der Waals surface area contributed by atoms with Crippen LogP contribution in [0.4, 0.5) is 5.69 Å². The predicted molar refractivity (Wildman–Crippen MR) is 107 cm³/mol. The van der Waals surface area contributed by atoms with E-state index in [2.05, 4.69) is 5.32 Å². The van der Waals surface area contributed by atoms with E-state index in [1.54, 1.807) is 6.07 Å². The van der Waals surface area contributed by atoms with Crippen molar-refractivity contribution in [1.82, 2.24) is 0 Å². The molecule has 28 heavy (non-hydrogen) atoms. The molecule has 0 bridgehead atoms. The van der Waals surface area contributed by atoms with Gasteiger partial charge in [-0.25, -0.2) is 4.79 Å². The van der Waals surface area contributed by atoms with Gasteiger partial charge in [0.2, 0.25) is 5.76 Å². The number of rotatable bonds is 4. The molecule has 0 fully saturated rings. The van der Waals surface area contributed by atoms with E-state index < -0.39 is 23.4 Å². The Balaban J connectivity index is 1.76. The smallest absolute Gasteiger partial charge is 0.375 e. The molecule has 0 unspecified atom stereocenters. The number of halogens is 1. The molecule has 0 spiro atoms. The topological polar surface area (TPSA) is 85.6 Å². The molecule has 0 saturated heterocycles. The summed E-state index contributed by atoms with van der Waals surface area (Å²) in [5, 5.41) is 3.37. The molecule has 1 N–H and O–H groups in total. The molecule has 0 aliphatic carbocycles. The Morgan fingerprint density at radius 1 is 1.11 bits per heavy atom. The Labute approximate surface area is 166 Å². The summed E-state index contributed by atoms with van der Waals surface area (Å²) in [6, 6.07) is 11.2. The molecule has 1 amide bonds. The van der Waals surface area contributed by atoms with E-state index in [1.807, 2.05) is 32.0 Å². The van der Waals surface area contributed by atoms with Crippen LogP contribution < -0.4 is 10.7 Å². The van der Waals surface area contributed by atoms with E-state index in [-0.39, 0.29) is 16.7 Å². The van der Waals surface area contributed by atoms with E-state index in [4.69, 9.17) is 20.8 Å². The van der Waals surface area contributed by atoms with Crippen molar-refractivity contribution in [2.75, 3.05) is 5.32 Å². The molecule has 0 saturated carbocycles. The van der Waals surface area contributed by atoms with Crippen LogP contribution in [0.5, 0.6) is 0 Å². The third-order valence-electron chi connectivity index (χ3n) is 4.19. The van der Waals surface area contributed by atoms with Crippen LogP contribution in [0.15, 0.2) is 51.7 Å². The zero-order valence-electron chi connectivity index (χ0n) is 15.5. The van der Waals surface area contributed by atoms with Crippen LogP contribution in [0.2, 0.25) is 5.02 Å². The highest BCUT2D eigenvalue weighted by molar-refractivity contribution is 6.31. The summed E-state index contributed by atoms with van der Waals surface area (Å²) >= 11 is 5.87. The quantitative estimate of drug-likeness (QED) is 0.663. The van der Waals surface area contributed by atoms with Gasteiger partial charge < -0.3 is 14.5 Å². The highest BCUT2D eigenvalue weighted by atomic mass is 35.5. The highest BCUT2D eigenvalue weighted by Crippen LogP contribution is 2.19. The standard InChI is InChI=1S/C21H18ClNO5/c1-11-4-5-12(2)16(8-11)23-20(25)13(3)27-21(26)19-10-17(24)15-9-14(22)6-7-18(15)28-19/h4-10,13H,1-3H3,(H,23,25)/t13-/m1/s1. The second-order valence-corrected chi connectivity index (χ2v) is 6.91. The molecular weight excluding hydrogens is 382 g/mol. The first-order valence-corrected chi connectivity index (χ1v) is 8.95. The van der Waals surface area contributed by atoms with Crippen molar-refractivity contribution in [2.45, 2.75) is 26.9 Å². The minimum absolute atomic E-state index is 0.205. The Morgan fingerprint density at radius 3 is 2.61 bits per heavy atom. The number of ether oxygens (including phenoxy) is 1. The van der Waals surface area contributed by atoms with Gasteiger partial charge in [-0.05, 0) is 56.2 Å². The van der Waals surface area contributed by atoms with Gasteiger partial charge in [0.25, 0.3) is 5.91 Å². The lowest BCUT2D eigenvalue weighted by molar-refractivity contribution is -0.123. The zero-order chi connectivity index (χ0) is 20.4. The fourth-order valence-electron chi connectivity index (χ4n) is 2.61. The Morgan fingerprint density at radius 2 is 1.86 bits per heavy atom. The number of hydrogen-bond acceptors (Lipinski definition) is 5. The first-order chi connectivity index (χ1) is 13.2. The van der Waals surface area contributed by atoms with Gasteiger partial charge >= 0.3 is 5.97 Å². The molecule has 144 valence electrons. The molecular formula is C21H18ClNO5. The third kappa shape index (κ3) is 4.23. The van der Waals surface area contributed by atoms with Gasteiger partial charge in [-0.15, -0.1) is 0 Å². The van der Waals surface area contributed by atoms with Gasteiger partial charge in [0, 0.05) is 16.8 Å². The van der Waals surface area contributed by atoms with E-state index in [0.717, 1.165) is 17.2 Å². The number of fused-ring (bicyclic) bond motifs is 1. The van der Waals surface area contributed by atoms with Gasteiger partial charge in [0.05, 0.1) is 5.39 Å². The summed E-state index contributed by atoms with van der Waals surface area (Å²) in [6.07, 6.45) is -1.08. The SMILES string of the molecule is Cc1ccc(C)c(NC(=O)[C@@H](C)OC(=O)c2cc(=O)c3cc(Cl)ccc3o2)c1. The number of esters is 1. The van der Waals surface area contributed by atoms with Crippen molar-refractivity contribution >= 4 is 40.1 Å². The van der Waals surface area contributed by atoms with Crippen molar-refractivity contribution in [3.63, 3.8) is 0 Å². The average molecular weight is 400 g/mol. The summed E-state index contributed by atoms with van der Waals surface area (Å²) in [6.45, 7) is 5.21. The third-order valence-corrected chi connectivity index (χ3v) is 4.43. The van der Waals surface area contributed by atoms with Gasteiger partial charge in [0.15, 0.2) is 11.5 Å².